The van der Waals surface area contributed by atoms with Crippen LogP contribution in [0.1, 0.15) is 39.5 Å². The second-order valence-corrected chi connectivity index (χ2v) is 5.39. The lowest BCUT2D eigenvalue weighted by molar-refractivity contribution is -0.138. The van der Waals surface area contributed by atoms with Crippen LogP contribution in [0.25, 0.3) is 0 Å². The van der Waals surface area contributed by atoms with E-state index in [9.17, 15) is 4.79 Å². The van der Waals surface area contributed by atoms with E-state index in [-0.39, 0.29) is 6.54 Å². The first kappa shape index (κ1) is 15.4. The number of carbonyl (C=O) groups is 1. The molecule has 4 heteroatoms. The topological polar surface area (TPSA) is 43.8 Å². The molecule has 0 radical (unpaired) electrons. The van der Waals surface area contributed by atoms with Crippen molar-refractivity contribution in [2.24, 2.45) is 5.92 Å². The number of piperazine rings is 1. The first-order chi connectivity index (χ1) is 8.65. The van der Waals surface area contributed by atoms with Gasteiger partial charge in [-0.1, -0.05) is 33.1 Å². The molecule has 0 bridgehead atoms. The molecule has 0 spiro atoms. The maximum atomic E-state index is 10.6. The lowest BCUT2D eigenvalue weighted by Gasteiger charge is -2.35. The molecule has 4 nitrogen and oxygen atoms in total. The molecule has 0 aromatic heterocycles. The van der Waals surface area contributed by atoms with E-state index in [4.69, 9.17) is 5.11 Å². The fraction of sp³-hybridized carbons (Fsp3) is 0.929. The van der Waals surface area contributed by atoms with Gasteiger partial charge in [-0.3, -0.25) is 9.69 Å². The summed E-state index contributed by atoms with van der Waals surface area (Å²) in [7, 11) is 0. The van der Waals surface area contributed by atoms with Crippen LogP contribution in [0.4, 0.5) is 0 Å². The number of hydrogen-bond acceptors (Lipinski definition) is 3. The Bertz CT molecular complexity index is 238. The summed E-state index contributed by atoms with van der Waals surface area (Å²) in [6.07, 6.45) is 5.21. The minimum Gasteiger partial charge on any atom is -0.480 e. The zero-order chi connectivity index (χ0) is 13.4. The third-order valence-electron chi connectivity index (χ3n) is 3.88. The van der Waals surface area contributed by atoms with Gasteiger partial charge in [0.2, 0.25) is 0 Å². The second kappa shape index (κ2) is 8.48. The van der Waals surface area contributed by atoms with E-state index in [1.807, 2.05) is 4.90 Å². The zero-order valence-corrected chi connectivity index (χ0v) is 11.9. The summed E-state index contributed by atoms with van der Waals surface area (Å²) in [5.41, 5.74) is 0. The Morgan fingerprint density at radius 2 is 1.78 bits per heavy atom. The fourth-order valence-corrected chi connectivity index (χ4v) is 2.60. The highest BCUT2D eigenvalue weighted by Gasteiger charge is 2.20. The van der Waals surface area contributed by atoms with Crippen LogP contribution >= 0.6 is 0 Å². The molecular formula is C14H28N2O2. The molecule has 0 amide bonds. The quantitative estimate of drug-likeness (QED) is 0.720. The predicted octanol–water partition coefficient (Wildman–Crippen LogP) is 1.91. The summed E-state index contributed by atoms with van der Waals surface area (Å²) in [6.45, 7) is 9.76. The molecule has 0 aromatic carbocycles. The van der Waals surface area contributed by atoms with Gasteiger partial charge in [0.05, 0.1) is 6.54 Å². The predicted molar refractivity (Wildman–Crippen MR) is 73.8 cm³/mol. The van der Waals surface area contributed by atoms with E-state index in [2.05, 4.69) is 18.7 Å². The van der Waals surface area contributed by atoms with Crippen LogP contribution in [0.5, 0.6) is 0 Å². The van der Waals surface area contributed by atoms with Crippen LogP contribution < -0.4 is 0 Å². The van der Waals surface area contributed by atoms with Crippen molar-refractivity contribution >= 4 is 5.97 Å². The van der Waals surface area contributed by atoms with Crippen molar-refractivity contribution in [3.63, 3.8) is 0 Å². The molecule has 0 aliphatic carbocycles. The van der Waals surface area contributed by atoms with Crippen molar-refractivity contribution in [2.45, 2.75) is 39.5 Å². The van der Waals surface area contributed by atoms with Crippen LogP contribution in [0, 0.1) is 5.92 Å². The molecule has 18 heavy (non-hydrogen) atoms. The molecule has 1 atom stereocenters. The highest BCUT2D eigenvalue weighted by molar-refractivity contribution is 5.69. The minimum atomic E-state index is -0.710. The van der Waals surface area contributed by atoms with Crippen LogP contribution in [0.3, 0.4) is 0 Å². The van der Waals surface area contributed by atoms with Gasteiger partial charge < -0.3 is 10.0 Å². The Labute approximate surface area is 111 Å². The highest BCUT2D eigenvalue weighted by atomic mass is 16.4. The summed E-state index contributed by atoms with van der Waals surface area (Å²) in [5.74, 6) is 0.105. The van der Waals surface area contributed by atoms with Crippen molar-refractivity contribution in [1.29, 1.82) is 0 Å². The summed E-state index contributed by atoms with van der Waals surface area (Å²) >= 11 is 0. The number of carboxylic acids is 1. The van der Waals surface area contributed by atoms with Gasteiger partial charge in [0.1, 0.15) is 0 Å². The number of hydrogen-bond donors (Lipinski definition) is 1. The molecule has 1 unspecified atom stereocenters. The molecule has 0 aromatic rings. The molecule has 1 aliphatic rings. The Morgan fingerprint density at radius 1 is 1.17 bits per heavy atom. The summed E-state index contributed by atoms with van der Waals surface area (Å²) in [4.78, 5) is 15.2. The van der Waals surface area contributed by atoms with Crippen molar-refractivity contribution in [3.8, 4) is 0 Å². The van der Waals surface area contributed by atoms with Gasteiger partial charge in [0.25, 0.3) is 0 Å². The van der Waals surface area contributed by atoms with Gasteiger partial charge in [-0.05, 0) is 12.3 Å². The van der Waals surface area contributed by atoms with Crippen molar-refractivity contribution < 1.29 is 9.90 Å². The van der Waals surface area contributed by atoms with Gasteiger partial charge in [-0.25, -0.2) is 0 Å². The minimum absolute atomic E-state index is 0.195. The maximum absolute atomic E-state index is 10.6. The van der Waals surface area contributed by atoms with Gasteiger partial charge in [-0.2, -0.15) is 0 Å². The Kier molecular flexibility index (Phi) is 7.28. The van der Waals surface area contributed by atoms with Gasteiger partial charge >= 0.3 is 5.97 Å². The van der Waals surface area contributed by atoms with Crippen LogP contribution in [-0.2, 0) is 4.79 Å². The van der Waals surface area contributed by atoms with E-state index in [0.717, 1.165) is 32.1 Å². The monoisotopic (exact) mass is 256 g/mol. The maximum Gasteiger partial charge on any atom is 0.317 e. The Morgan fingerprint density at radius 3 is 2.28 bits per heavy atom. The van der Waals surface area contributed by atoms with Crippen LogP contribution in [0.2, 0.25) is 0 Å². The zero-order valence-electron chi connectivity index (χ0n) is 11.9. The van der Waals surface area contributed by atoms with Gasteiger partial charge in [0, 0.05) is 32.7 Å². The second-order valence-electron chi connectivity index (χ2n) is 5.39. The van der Waals surface area contributed by atoms with Crippen molar-refractivity contribution in [1.82, 2.24) is 9.80 Å². The first-order valence-electron chi connectivity index (χ1n) is 7.32. The fourth-order valence-electron chi connectivity index (χ4n) is 2.60. The Balaban J connectivity index is 2.23. The lowest BCUT2D eigenvalue weighted by Crippen LogP contribution is -2.49. The Hall–Kier alpha value is -0.610. The molecule has 1 aliphatic heterocycles. The molecule has 1 N–H and O–H groups in total. The van der Waals surface area contributed by atoms with E-state index in [1.54, 1.807) is 0 Å². The van der Waals surface area contributed by atoms with E-state index < -0.39 is 5.97 Å². The van der Waals surface area contributed by atoms with Crippen molar-refractivity contribution in [2.75, 3.05) is 39.3 Å². The van der Waals surface area contributed by atoms with Gasteiger partial charge in [0.15, 0.2) is 0 Å². The molecular weight excluding hydrogens is 228 g/mol. The van der Waals surface area contributed by atoms with Crippen molar-refractivity contribution in [3.05, 3.63) is 0 Å². The van der Waals surface area contributed by atoms with E-state index in [1.165, 1.54) is 32.2 Å². The summed E-state index contributed by atoms with van der Waals surface area (Å²) in [5, 5.41) is 8.76. The van der Waals surface area contributed by atoms with E-state index >= 15 is 0 Å². The number of carboxylic acid groups (broad SMARTS) is 1. The molecule has 106 valence electrons. The average molecular weight is 256 g/mol. The number of rotatable bonds is 8. The van der Waals surface area contributed by atoms with Crippen LogP contribution in [-0.4, -0.2) is 60.1 Å². The largest absolute Gasteiger partial charge is 0.480 e. The lowest BCUT2D eigenvalue weighted by atomic mass is 9.98. The van der Waals surface area contributed by atoms with E-state index in [0.29, 0.717) is 0 Å². The standard InChI is InChI=1S/C14H28N2O2/c1-3-5-6-13(4-2)11-15-7-9-16(10-8-15)12-14(17)18/h13H,3-12H2,1-2H3,(H,17,18). The molecule has 1 heterocycles. The first-order valence-corrected chi connectivity index (χ1v) is 7.32. The third-order valence-corrected chi connectivity index (χ3v) is 3.88. The summed E-state index contributed by atoms with van der Waals surface area (Å²) < 4.78 is 0. The number of aliphatic carboxylic acids is 1. The normalized spacial score (nSPS) is 19.9. The van der Waals surface area contributed by atoms with Crippen LogP contribution in [0.15, 0.2) is 0 Å². The van der Waals surface area contributed by atoms with Gasteiger partial charge in [-0.15, -0.1) is 0 Å². The number of unbranched alkanes of at least 4 members (excludes halogenated alkanes) is 1. The third kappa shape index (κ3) is 5.83. The average Bonchev–Trinajstić information content (AvgIpc) is 2.36. The number of nitrogens with zero attached hydrogens (tertiary/aromatic N) is 2. The molecule has 0 saturated carbocycles. The smallest absolute Gasteiger partial charge is 0.317 e. The molecule has 1 saturated heterocycles. The SMILES string of the molecule is CCCCC(CC)CN1CCN(CC(=O)O)CC1. The summed E-state index contributed by atoms with van der Waals surface area (Å²) in [6, 6.07) is 0. The molecule has 1 rings (SSSR count). The highest BCUT2D eigenvalue weighted by Crippen LogP contribution is 2.15. The molecule has 1 fully saturated rings.